The number of carbonyl (C=O) groups is 1. The molecule has 0 spiro atoms. The molecule has 0 aromatic carbocycles. The van der Waals surface area contributed by atoms with E-state index in [2.05, 4.69) is 13.8 Å². The molecule has 0 aromatic rings. The Balaban J connectivity index is 3.32. The third kappa shape index (κ3) is 45.7. The molecule has 1 unspecified atom stereocenters. The molecule has 0 fully saturated rings. The fourth-order valence-corrected chi connectivity index (χ4v) is 7.74. The minimum Gasteiger partial charge on any atom is -0.457 e. The normalized spacial score (nSPS) is 12.1. The standard InChI is InChI=1S/C49H98O4/c1-3-5-7-9-11-13-15-17-19-21-23-24-25-26-27-29-31-33-35-37-39-41-43-45-52-47-48(46-50)53-49(51)44-42-40-38-36-34-32-30-28-22-20-18-16-14-12-10-8-6-4-2/h48,50H,3-47H2,1-2H3. The van der Waals surface area contributed by atoms with Gasteiger partial charge in [-0.2, -0.15) is 0 Å². The quantitative estimate of drug-likeness (QED) is 0.0497. The zero-order valence-electron chi connectivity index (χ0n) is 36.6. The lowest BCUT2D eigenvalue weighted by Crippen LogP contribution is -2.27. The van der Waals surface area contributed by atoms with Gasteiger partial charge in [0, 0.05) is 13.0 Å². The van der Waals surface area contributed by atoms with Gasteiger partial charge in [-0.3, -0.25) is 4.79 Å². The fourth-order valence-electron chi connectivity index (χ4n) is 7.74. The van der Waals surface area contributed by atoms with Gasteiger partial charge in [0.1, 0.15) is 6.10 Å². The van der Waals surface area contributed by atoms with Crippen LogP contribution in [0.1, 0.15) is 284 Å². The third-order valence-corrected chi connectivity index (χ3v) is 11.4. The third-order valence-electron chi connectivity index (χ3n) is 11.4. The molecule has 0 amide bonds. The second-order valence-electron chi connectivity index (χ2n) is 16.9. The Bertz CT molecular complexity index is 667. The van der Waals surface area contributed by atoms with Gasteiger partial charge in [0.15, 0.2) is 0 Å². The van der Waals surface area contributed by atoms with E-state index in [1.54, 1.807) is 0 Å². The summed E-state index contributed by atoms with van der Waals surface area (Å²) in [6.45, 7) is 5.42. The van der Waals surface area contributed by atoms with Gasteiger partial charge in [0.25, 0.3) is 0 Å². The Kier molecular flexibility index (Phi) is 47.0. The molecule has 0 aliphatic rings. The summed E-state index contributed by atoms with van der Waals surface area (Å²) in [7, 11) is 0. The summed E-state index contributed by atoms with van der Waals surface area (Å²) in [6, 6.07) is 0. The highest BCUT2D eigenvalue weighted by Gasteiger charge is 2.13. The number of hydrogen-bond donors (Lipinski definition) is 1. The SMILES string of the molecule is CCCCCCCCCCCCCCCCCCCCCCCCCOCC(CO)OC(=O)CCCCCCCCCCCCCCCCCCCC. The first-order chi connectivity index (χ1) is 26.2. The summed E-state index contributed by atoms with van der Waals surface area (Å²) in [6.07, 6.45) is 56.2. The minimum absolute atomic E-state index is 0.162. The lowest BCUT2D eigenvalue weighted by Gasteiger charge is -2.16. The van der Waals surface area contributed by atoms with E-state index in [1.165, 1.54) is 244 Å². The summed E-state index contributed by atoms with van der Waals surface area (Å²) in [5.74, 6) is -0.191. The highest BCUT2D eigenvalue weighted by Crippen LogP contribution is 2.17. The van der Waals surface area contributed by atoms with Crippen LogP contribution in [0.25, 0.3) is 0 Å². The Morgan fingerprint density at radius 2 is 0.623 bits per heavy atom. The monoisotopic (exact) mass is 751 g/mol. The highest BCUT2D eigenvalue weighted by molar-refractivity contribution is 5.69. The van der Waals surface area contributed by atoms with Crippen molar-refractivity contribution in [2.24, 2.45) is 0 Å². The van der Waals surface area contributed by atoms with Gasteiger partial charge in [-0.05, 0) is 12.8 Å². The number of unbranched alkanes of at least 4 members (excludes halogenated alkanes) is 39. The van der Waals surface area contributed by atoms with E-state index in [0.29, 0.717) is 19.6 Å². The summed E-state index contributed by atoms with van der Waals surface area (Å²) in [4.78, 5) is 12.2. The summed E-state index contributed by atoms with van der Waals surface area (Å²) < 4.78 is 11.2. The van der Waals surface area contributed by atoms with E-state index in [0.717, 1.165) is 19.3 Å². The van der Waals surface area contributed by atoms with Crippen molar-refractivity contribution in [2.45, 2.75) is 290 Å². The lowest BCUT2D eigenvalue weighted by atomic mass is 10.0. The first-order valence-electron chi connectivity index (χ1n) is 24.6. The second-order valence-corrected chi connectivity index (χ2v) is 16.9. The molecule has 0 saturated heterocycles. The average Bonchev–Trinajstić information content (AvgIpc) is 3.16. The van der Waals surface area contributed by atoms with Crippen molar-refractivity contribution in [1.82, 2.24) is 0 Å². The lowest BCUT2D eigenvalue weighted by molar-refractivity contribution is -0.154. The number of esters is 1. The zero-order chi connectivity index (χ0) is 38.4. The number of aliphatic hydroxyl groups is 1. The van der Waals surface area contributed by atoms with Crippen LogP contribution < -0.4 is 0 Å². The second kappa shape index (κ2) is 47.5. The molecule has 0 bridgehead atoms. The van der Waals surface area contributed by atoms with E-state index >= 15 is 0 Å². The molecule has 4 heteroatoms. The number of carbonyl (C=O) groups excluding carboxylic acids is 1. The molecule has 0 saturated carbocycles. The van der Waals surface area contributed by atoms with Crippen LogP contribution in [0.4, 0.5) is 0 Å². The minimum atomic E-state index is -0.525. The molecule has 53 heavy (non-hydrogen) atoms. The molecular formula is C49H98O4. The predicted molar refractivity (Wildman–Crippen MR) is 233 cm³/mol. The maximum absolute atomic E-state index is 12.2. The molecule has 1 N–H and O–H groups in total. The number of ether oxygens (including phenoxy) is 2. The Morgan fingerprint density at radius 1 is 0.377 bits per heavy atom. The number of aliphatic hydroxyl groups excluding tert-OH is 1. The van der Waals surface area contributed by atoms with E-state index in [9.17, 15) is 9.90 Å². The molecule has 0 rings (SSSR count). The smallest absolute Gasteiger partial charge is 0.306 e. The van der Waals surface area contributed by atoms with Gasteiger partial charge in [0.2, 0.25) is 0 Å². The largest absolute Gasteiger partial charge is 0.457 e. The molecule has 4 nitrogen and oxygen atoms in total. The van der Waals surface area contributed by atoms with Crippen LogP contribution in [-0.2, 0) is 14.3 Å². The van der Waals surface area contributed by atoms with Crippen molar-refractivity contribution in [1.29, 1.82) is 0 Å². The summed E-state index contributed by atoms with van der Waals surface area (Å²) >= 11 is 0. The van der Waals surface area contributed by atoms with Crippen molar-refractivity contribution in [2.75, 3.05) is 19.8 Å². The van der Waals surface area contributed by atoms with Gasteiger partial charge in [-0.15, -0.1) is 0 Å². The molecule has 0 radical (unpaired) electrons. The summed E-state index contributed by atoms with van der Waals surface area (Å²) in [5.41, 5.74) is 0. The van der Waals surface area contributed by atoms with E-state index in [1.807, 2.05) is 0 Å². The van der Waals surface area contributed by atoms with Crippen LogP contribution >= 0.6 is 0 Å². The number of hydrogen-bond acceptors (Lipinski definition) is 4. The maximum atomic E-state index is 12.2. The van der Waals surface area contributed by atoms with E-state index in [4.69, 9.17) is 9.47 Å². The van der Waals surface area contributed by atoms with Crippen molar-refractivity contribution >= 4 is 5.97 Å². The van der Waals surface area contributed by atoms with Gasteiger partial charge >= 0.3 is 5.97 Å². The van der Waals surface area contributed by atoms with Crippen molar-refractivity contribution < 1.29 is 19.4 Å². The Labute approximate surface area is 333 Å². The summed E-state index contributed by atoms with van der Waals surface area (Å²) in [5, 5.41) is 9.63. The van der Waals surface area contributed by atoms with E-state index < -0.39 is 6.10 Å². The molecule has 318 valence electrons. The Hall–Kier alpha value is -0.610. The van der Waals surface area contributed by atoms with Gasteiger partial charge < -0.3 is 14.6 Å². The van der Waals surface area contributed by atoms with Gasteiger partial charge in [-0.25, -0.2) is 0 Å². The highest BCUT2D eigenvalue weighted by atomic mass is 16.6. The van der Waals surface area contributed by atoms with Crippen LogP contribution in [0.3, 0.4) is 0 Å². The van der Waals surface area contributed by atoms with Crippen molar-refractivity contribution in [3.63, 3.8) is 0 Å². The van der Waals surface area contributed by atoms with Gasteiger partial charge in [0.05, 0.1) is 13.2 Å². The molecule has 0 aliphatic heterocycles. The first kappa shape index (κ1) is 52.4. The first-order valence-corrected chi connectivity index (χ1v) is 24.6. The van der Waals surface area contributed by atoms with E-state index in [-0.39, 0.29) is 12.6 Å². The predicted octanol–water partition coefficient (Wildman–Crippen LogP) is 16.3. The maximum Gasteiger partial charge on any atom is 0.306 e. The average molecular weight is 751 g/mol. The zero-order valence-corrected chi connectivity index (χ0v) is 36.6. The van der Waals surface area contributed by atoms with Crippen LogP contribution in [0, 0.1) is 0 Å². The van der Waals surface area contributed by atoms with Crippen LogP contribution in [-0.4, -0.2) is 37.0 Å². The van der Waals surface area contributed by atoms with Crippen LogP contribution in [0.2, 0.25) is 0 Å². The molecule has 1 atom stereocenters. The number of rotatable bonds is 47. The van der Waals surface area contributed by atoms with Crippen LogP contribution in [0.15, 0.2) is 0 Å². The molecular weight excluding hydrogens is 653 g/mol. The van der Waals surface area contributed by atoms with Crippen molar-refractivity contribution in [3.05, 3.63) is 0 Å². The van der Waals surface area contributed by atoms with Crippen LogP contribution in [0.5, 0.6) is 0 Å². The fraction of sp³-hybridized carbons (Fsp3) is 0.980. The molecule has 0 aromatic heterocycles. The van der Waals surface area contributed by atoms with Crippen molar-refractivity contribution in [3.8, 4) is 0 Å². The van der Waals surface area contributed by atoms with Gasteiger partial charge in [-0.1, -0.05) is 264 Å². The Morgan fingerprint density at radius 3 is 0.887 bits per heavy atom. The molecule has 0 heterocycles. The topological polar surface area (TPSA) is 55.8 Å². The molecule has 0 aliphatic carbocycles.